The van der Waals surface area contributed by atoms with Crippen molar-refractivity contribution >= 4 is 11.9 Å². The number of aliphatic hydroxyl groups excluding tert-OH is 8. The van der Waals surface area contributed by atoms with Crippen LogP contribution in [-0.2, 0) is 33.3 Å². The van der Waals surface area contributed by atoms with Crippen molar-refractivity contribution in [3.63, 3.8) is 0 Å². The summed E-state index contributed by atoms with van der Waals surface area (Å²) in [7, 11) is 0. The smallest absolute Gasteiger partial charge is 0.332 e. The second-order valence-electron chi connectivity index (χ2n) is 12.1. The van der Waals surface area contributed by atoms with E-state index in [4.69, 9.17) is 28.8 Å². The molecule has 12 atom stereocenters. The molecule has 0 aliphatic carbocycles. The molecule has 0 aromatic carbocycles. The van der Waals surface area contributed by atoms with Gasteiger partial charge in [-0.25, -0.2) is 4.79 Å². The Labute approximate surface area is 268 Å². The highest BCUT2D eigenvalue weighted by Gasteiger charge is 2.51. The molecule has 2 saturated heterocycles. The maximum atomic E-state index is 11.5. The minimum Gasteiger partial charge on any atom is -0.479 e. The van der Waals surface area contributed by atoms with Crippen molar-refractivity contribution in [3.8, 4) is 0 Å². The fraction of sp³-hybridized carbons (Fsp3) is 0.933. The molecule has 2 aliphatic heterocycles. The Bertz CT molecular complexity index is 861. The average molecular weight is 671 g/mol. The van der Waals surface area contributed by atoms with Crippen LogP contribution in [0, 0.1) is 0 Å². The van der Waals surface area contributed by atoms with Crippen LogP contribution in [0.1, 0.15) is 84.0 Å². The Kier molecular flexibility index (Phi) is 18.9. The van der Waals surface area contributed by atoms with Crippen molar-refractivity contribution in [1.29, 1.82) is 0 Å². The third-order valence-corrected chi connectivity index (χ3v) is 8.23. The van der Waals surface area contributed by atoms with Crippen molar-refractivity contribution < 1.29 is 79.2 Å². The van der Waals surface area contributed by atoms with Crippen molar-refractivity contribution in [2.75, 3.05) is 19.8 Å². The number of ether oxygens (including phenoxy) is 5. The highest BCUT2D eigenvalue weighted by atomic mass is 16.7. The normalized spacial score (nSPS) is 33.0. The number of aliphatic hydroxyl groups is 8. The van der Waals surface area contributed by atoms with Gasteiger partial charge < -0.3 is 69.6 Å². The van der Waals surface area contributed by atoms with Gasteiger partial charge in [0.05, 0.1) is 19.3 Å². The number of hydrogen-bond donors (Lipinski definition) is 9. The van der Waals surface area contributed by atoms with Gasteiger partial charge in [0.15, 0.2) is 18.7 Å². The molecule has 16 heteroatoms. The van der Waals surface area contributed by atoms with Gasteiger partial charge in [0, 0.05) is 6.92 Å². The Morgan fingerprint density at radius 3 is 1.76 bits per heavy atom. The van der Waals surface area contributed by atoms with Crippen LogP contribution in [0.4, 0.5) is 0 Å². The molecule has 16 nitrogen and oxygen atoms in total. The lowest BCUT2D eigenvalue weighted by molar-refractivity contribution is -0.360. The predicted molar refractivity (Wildman–Crippen MR) is 157 cm³/mol. The van der Waals surface area contributed by atoms with Gasteiger partial charge >= 0.3 is 11.9 Å². The zero-order valence-electron chi connectivity index (χ0n) is 26.4. The third-order valence-electron chi connectivity index (χ3n) is 8.23. The largest absolute Gasteiger partial charge is 0.479 e. The number of carboxylic acid groups (broad SMARTS) is 1. The predicted octanol–water partition coefficient (Wildman–Crippen LogP) is -1.31. The molecule has 0 saturated carbocycles. The molecule has 2 rings (SSSR count). The molecule has 0 bridgehead atoms. The number of esters is 1. The van der Waals surface area contributed by atoms with Crippen LogP contribution in [0.2, 0.25) is 0 Å². The first kappa shape index (κ1) is 40.6. The summed E-state index contributed by atoms with van der Waals surface area (Å²) < 4.78 is 27.2. The zero-order valence-corrected chi connectivity index (χ0v) is 26.4. The minimum atomic E-state index is -1.79. The highest BCUT2D eigenvalue weighted by Crippen LogP contribution is 2.30. The molecular weight excluding hydrogens is 616 g/mol. The lowest BCUT2D eigenvalue weighted by Crippen LogP contribution is -2.65. The fourth-order valence-electron chi connectivity index (χ4n) is 5.42. The molecule has 0 radical (unpaired) electrons. The lowest BCUT2D eigenvalue weighted by Gasteiger charge is -2.46. The van der Waals surface area contributed by atoms with Crippen LogP contribution in [-0.4, -0.2) is 151 Å². The molecule has 0 unspecified atom stereocenters. The molecule has 270 valence electrons. The van der Waals surface area contributed by atoms with Crippen LogP contribution in [0.25, 0.3) is 0 Å². The number of rotatable bonds is 22. The standard InChI is InChI=1S/C30H54O16/c1-17(32)42-16-21-27(46-30-25(38)23(36)22(35)20(14-31)44-30)24(37)26(39)29(45-21)43-15-18(33)12-10-8-6-4-2-3-5-7-9-11-13-19(34)28(40)41/h18-27,29-31,33-39H,2-16H2,1H3,(H,40,41)/t18-,19+,20+,21+,22+,23-,24+,25+,26+,27+,29+,30-/m0/s1. The Morgan fingerprint density at radius 1 is 0.696 bits per heavy atom. The number of carbonyl (C=O) groups is 2. The minimum absolute atomic E-state index is 0.212. The van der Waals surface area contributed by atoms with Gasteiger partial charge in [-0.05, 0) is 12.8 Å². The van der Waals surface area contributed by atoms with E-state index >= 15 is 0 Å². The van der Waals surface area contributed by atoms with Crippen LogP contribution < -0.4 is 0 Å². The lowest BCUT2D eigenvalue weighted by atomic mass is 9.97. The summed E-state index contributed by atoms with van der Waals surface area (Å²) in [6.45, 7) is -0.217. The van der Waals surface area contributed by atoms with Crippen molar-refractivity contribution in [2.24, 2.45) is 0 Å². The van der Waals surface area contributed by atoms with Crippen LogP contribution >= 0.6 is 0 Å². The molecule has 2 aliphatic rings. The first-order chi connectivity index (χ1) is 21.9. The first-order valence-electron chi connectivity index (χ1n) is 16.2. The van der Waals surface area contributed by atoms with Crippen molar-refractivity contribution in [1.82, 2.24) is 0 Å². The SMILES string of the molecule is CC(=O)OC[C@H]1O[C@@H](OC[C@@H](O)CCCCCCCCCCCC[C@@H](O)C(=O)O)[C@H](O)[C@@H](O)[C@@H]1O[C@@H]1O[C@H](CO)[C@@H](O)[C@H](O)[C@H]1O. The second kappa shape index (κ2) is 21.4. The maximum Gasteiger partial charge on any atom is 0.332 e. The number of aliphatic carboxylic acids is 1. The Balaban J connectivity index is 1.71. The molecule has 46 heavy (non-hydrogen) atoms. The monoisotopic (exact) mass is 670 g/mol. The van der Waals surface area contributed by atoms with E-state index in [1.165, 1.54) is 0 Å². The van der Waals surface area contributed by atoms with E-state index in [9.17, 15) is 50.4 Å². The zero-order chi connectivity index (χ0) is 34.2. The number of carbonyl (C=O) groups excluding carboxylic acids is 1. The second-order valence-corrected chi connectivity index (χ2v) is 12.1. The summed E-state index contributed by atoms with van der Waals surface area (Å²) >= 11 is 0. The average Bonchev–Trinajstić information content (AvgIpc) is 3.02. The highest BCUT2D eigenvalue weighted by molar-refractivity contribution is 5.71. The first-order valence-corrected chi connectivity index (χ1v) is 16.2. The van der Waals surface area contributed by atoms with Crippen molar-refractivity contribution in [3.05, 3.63) is 0 Å². The van der Waals surface area contributed by atoms with Crippen molar-refractivity contribution in [2.45, 2.75) is 158 Å². The molecule has 2 fully saturated rings. The summed E-state index contributed by atoms with van der Waals surface area (Å²) in [5.41, 5.74) is 0. The summed E-state index contributed by atoms with van der Waals surface area (Å²) in [5, 5.41) is 89.7. The Morgan fingerprint density at radius 2 is 1.22 bits per heavy atom. The van der Waals surface area contributed by atoms with Gasteiger partial charge in [-0.2, -0.15) is 0 Å². The van der Waals surface area contributed by atoms with E-state index in [0.717, 1.165) is 64.7 Å². The van der Waals surface area contributed by atoms with E-state index in [1.54, 1.807) is 0 Å². The van der Waals surface area contributed by atoms with E-state index in [2.05, 4.69) is 0 Å². The van der Waals surface area contributed by atoms with Gasteiger partial charge in [-0.1, -0.05) is 64.2 Å². The summed E-state index contributed by atoms with van der Waals surface area (Å²) in [6.07, 6.45) is -7.52. The van der Waals surface area contributed by atoms with Crippen LogP contribution in [0.5, 0.6) is 0 Å². The van der Waals surface area contributed by atoms with E-state index in [0.29, 0.717) is 12.8 Å². The third kappa shape index (κ3) is 13.5. The molecule has 9 N–H and O–H groups in total. The molecule has 0 aromatic rings. The molecular formula is C30H54O16. The van der Waals surface area contributed by atoms with Crippen LogP contribution in [0.3, 0.4) is 0 Å². The topological polar surface area (TPSA) is 262 Å². The molecule has 0 spiro atoms. The molecule has 2 heterocycles. The van der Waals surface area contributed by atoms with Gasteiger partial charge in [0.25, 0.3) is 0 Å². The van der Waals surface area contributed by atoms with Gasteiger partial charge in [-0.15, -0.1) is 0 Å². The summed E-state index contributed by atoms with van der Waals surface area (Å²) in [6, 6.07) is 0. The fourth-order valence-corrected chi connectivity index (χ4v) is 5.42. The van der Waals surface area contributed by atoms with Crippen LogP contribution in [0.15, 0.2) is 0 Å². The summed E-state index contributed by atoms with van der Waals surface area (Å²) in [5.74, 6) is -1.85. The number of hydrogen-bond acceptors (Lipinski definition) is 15. The van der Waals surface area contributed by atoms with E-state index in [1.807, 2.05) is 0 Å². The van der Waals surface area contributed by atoms with Gasteiger partial charge in [0.1, 0.15) is 55.4 Å². The van der Waals surface area contributed by atoms with E-state index in [-0.39, 0.29) is 13.0 Å². The quantitative estimate of drug-likeness (QED) is 0.0478. The van der Waals surface area contributed by atoms with E-state index < -0.39 is 98.8 Å². The maximum absolute atomic E-state index is 11.5. The molecule has 0 amide bonds. The summed E-state index contributed by atoms with van der Waals surface area (Å²) in [4.78, 5) is 22.0. The Hall–Kier alpha value is -1.54. The van der Waals surface area contributed by atoms with Gasteiger partial charge in [0.2, 0.25) is 0 Å². The number of carboxylic acids is 1. The molecule has 0 aromatic heterocycles. The number of unbranched alkanes of at least 4 members (excludes halogenated alkanes) is 9. The van der Waals surface area contributed by atoms with Gasteiger partial charge in [-0.3, -0.25) is 4.79 Å².